The Morgan fingerprint density at radius 2 is 2.00 bits per heavy atom. The molecule has 4 nitrogen and oxygen atoms in total. The van der Waals surface area contributed by atoms with E-state index < -0.39 is 0 Å². The molecule has 0 aliphatic carbocycles. The third-order valence-electron chi connectivity index (χ3n) is 2.99. The van der Waals surface area contributed by atoms with E-state index in [1.807, 2.05) is 49.4 Å². The van der Waals surface area contributed by atoms with Gasteiger partial charge in [0, 0.05) is 15.9 Å². The molecule has 3 rings (SSSR count). The number of amides is 2. The molecule has 0 atom stereocenters. The van der Waals surface area contributed by atoms with Crippen LogP contribution in [0.15, 0.2) is 47.8 Å². The summed E-state index contributed by atoms with van der Waals surface area (Å²) in [5.74, 6) is 0. The fourth-order valence-electron chi connectivity index (χ4n) is 1.95. The van der Waals surface area contributed by atoms with Gasteiger partial charge in [0.2, 0.25) is 0 Å². The number of para-hydroxylation sites is 1. The summed E-state index contributed by atoms with van der Waals surface area (Å²) in [4.78, 5) is 18.5. The molecule has 1 aromatic carbocycles. The van der Waals surface area contributed by atoms with Gasteiger partial charge in [-0.1, -0.05) is 18.2 Å². The van der Waals surface area contributed by atoms with Crippen LogP contribution in [0.25, 0.3) is 10.6 Å². The molecule has 0 spiro atoms. The van der Waals surface area contributed by atoms with Crippen molar-refractivity contribution in [3.8, 4) is 10.6 Å². The van der Waals surface area contributed by atoms with E-state index in [9.17, 15) is 4.79 Å². The Morgan fingerprint density at radius 1 is 1.18 bits per heavy atom. The summed E-state index contributed by atoms with van der Waals surface area (Å²) in [5.41, 5.74) is 1.79. The zero-order valence-corrected chi connectivity index (χ0v) is 13.6. The zero-order valence-electron chi connectivity index (χ0n) is 12.0. The highest BCUT2D eigenvalue weighted by Gasteiger charge is 2.07. The minimum atomic E-state index is -0.203. The summed E-state index contributed by atoms with van der Waals surface area (Å²) in [6, 6.07) is 13.3. The molecule has 0 fully saturated rings. The predicted octanol–water partition coefficient (Wildman–Crippen LogP) is 4.50. The van der Waals surface area contributed by atoms with Gasteiger partial charge in [0.05, 0.1) is 22.1 Å². The third kappa shape index (κ3) is 3.72. The fourth-order valence-corrected chi connectivity index (χ4v) is 3.55. The molecule has 0 aliphatic heterocycles. The number of carbonyl (C=O) groups excluding carboxylic acids is 1. The number of hydrogen-bond donors (Lipinski definition) is 2. The standard InChI is InChI=1S/C16H15N3OS2/c1-11-18-14(10-21-11)15-8-7-13(22-15)9-17-16(20)19-12-5-3-2-4-6-12/h2-8,10H,9H2,1H3,(H2,17,19,20). The SMILES string of the molecule is Cc1nc(-c2ccc(CNC(=O)Nc3ccccc3)s2)cs1. The van der Waals surface area contributed by atoms with E-state index >= 15 is 0 Å². The molecule has 0 saturated heterocycles. The van der Waals surface area contributed by atoms with E-state index in [1.165, 1.54) is 0 Å². The number of aryl methyl sites for hydroxylation is 1. The molecule has 2 heterocycles. The maximum absolute atomic E-state index is 11.8. The molecule has 6 heteroatoms. The molecule has 2 N–H and O–H groups in total. The van der Waals surface area contributed by atoms with Crippen molar-refractivity contribution in [3.05, 3.63) is 57.7 Å². The number of nitrogens with zero attached hydrogens (tertiary/aromatic N) is 1. The molecule has 22 heavy (non-hydrogen) atoms. The predicted molar refractivity (Wildman–Crippen MR) is 92.5 cm³/mol. The highest BCUT2D eigenvalue weighted by Crippen LogP contribution is 2.28. The van der Waals surface area contributed by atoms with Crippen molar-refractivity contribution in [1.29, 1.82) is 0 Å². The van der Waals surface area contributed by atoms with E-state index in [0.29, 0.717) is 6.54 Å². The monoisotopic (exact) mass is 329 g/mol. The van der Waals surface area contributed by atoms with Crippen LogP contribution in [0.4, 0.5) is 10.5 Å². The summed E-state index contributed by atoms with van der Waals surface area (Å²) >= 11 is 3.29. The average Bonchev–Trinajstić information content (AvgIpc) is 3.15. The Morgan fingerprint density at radius 3 is 2.73 bits per heavy atom. The van der Waals surface area contributed by atoms with Crippen molar-refractivity contribution in [3.63, 3.8) is 0 Å². The molecular weight excluding hydrogens is 314 g/mol. The van der Waals surface area contributed by atoms with Gasteiger partial charge in [-0.05, 0) is 31.2 Å². The maximum Gasteiger partial charge on any atom is 0.319 e. The summed E-state index contributed by atoms with van der Waals surface area (Å²) in [6.45, 7) is 2.50. The minimum absolute atomic E-state index is 0.203. The second kappa shape index (κ2) is 6.72. The number of carbonyl (C=O) groups is 1. The smallest absolute Gasteiger partial charge is 0.319 e. The number of thiophene rings is 1. The summed E-state index contributed by atoms with van der Waals surface area (Å²) in [5, 5.41) is 8.77. The Labute approximate surface area is 136 Å². The normalized spacial score (nSPS) is 10.4. The van der Waals surface area contributed by atoms with Crippen molar-refractivity contribution < 1.29 is 4.79 Å². The number of rotatable bonds is 4. The van der Waals surface area contributed by atoms with Gasteiger partial charge in [0.1, 0.15) is 0 Å². The fraction of sp³-hybridized carbons (Fsp3) is 0.125. The van der Waals surface area contributed by atoms with Crippen molar-refractivity contribution in [1.82, 2.24) is 10.3 Å². The molecule has 3 aromatic rings. The number of thiazole rings is 1. The van der Waals surface area contributed by atoms with Crippen molar-refractivity contribution >= 4 is 34.4 Å². The molecule has 2 amide bonds. The maximum atomic E-state index is 11.8. The van der Waals surface area contributed by atoms with E-state index in [0.717, 1.165) is 26.1 Å². The molecule has 0 bridgehead atoms. The molecule has 0 aliphatic rings. The molecule has 0 unspecified atom stereocenters. The Hall–Kier alpha value is -2.18. The second-order valence-electron chi connectivity index (χ2n) is 4.69. The summed E-state index contributed by atoms with van der Waals surface area (Å²) in [6.07, 6.45) is 0. The van der Waals surface area contributed by atoms with Gasteiger partial charge in [-0.2, -0.15) is 0 Å². The largest absolute Gasteiger partial charge is 0.333 e. The Kier molecular flexibility index (Phi) is 4.50. The highest BCUT2D eigenvalue weighted by molar-refractivity contribution is 7.16. The van der Waals surface area contributed by atoms with Gasteiger partial charge in [-0.25, -0.2) is 9.78 Å². The van der Waals surface area contributed by atoms with Crippen LogP contribution in [-0.4, -0.2) is 11.0 Å². The lowest BCUT2D eigenvalue weighted by Gasteiger charge is -2.06. The number of aromatic nitrogens is 1. The van der Waals surface area contributed by atoms with Crippen molar-refractivity contribution in [2.45, 2.75) is 13.5 Å². The van der Waals surface area contributed by atoms with Crippen LogP contribution in [0, 0.1) is 6.92 Å². The van der Waals surface area contributed by atoms with Crippen molar-refractivity contribution in [2.24, 2.45) is 0 Å². The van der Waals surface area contributed by atoms with E-state index in [4.69, 9.17) is 0 Å². The minimum Gasteiger partial charge on any atom is -0.333 e. The molecular formula is C16H15N3OS2. The lowest BCUT2D eigenvalue weighted by Crippen LogP contribution is -2.27. The number of nitrogens with one attached hydrogen (secondary N) is 2. The van der Waals surface area contributed by atoms with Crippen LogP contribution < -0.4 is 10.6 Å². The summed E-state index contributed by atoms with van der Waals surface area (Å²) in [7, 11) is 0. The van der Waals surface area contributed by atoms with Gasteiger partial charge in [-0.15, -0.1) is 22.7 Å². The number of hydrogen-bond acceptors (Lipinski definition) is 4. The van der Waals surface area contributed by atoms with Crippen LogP contribution in [0.5, 0.6) is 0 Å². The van der Waals surface area contributed by atoms with E-state index in [1.54, 1.807) is 22.7 Å². The Bertz CT molecular complexity index is 765. The summed E-state index contributed by atoms with van der Waals surface area (Å²) < 4.78 is 0. The highest BCUT2D eigenvalue weighted by atomic mass is 32.1. The van der Waals surface area contributed by atoms with Crippen LogP contribution in [0.1, 0.15) is 9.88 Å². The van der Waals surface area contributed by atoms with Gasteiger partial charge in [-0.3, -0.25) is 0 Å². The first-order chi connectivity index (χ1) is 10.7. The number of urea groups is 1. The van der Waals surface area contributed by atoms with E-state index in [2.05, 4.69) is 21.0 Å². The van der Waals surface area contributed by atoms with Gasteiger partial charge < -0.3 is 10.6 Å². The number of benzene rings is 1. The first kappa shape index (κ1) is 14.7. The average molecular weight is 329 g/mol. The van der Waals surface area contributed by atoms with E-state index in [-0.39, 0.29) is 6.03 Å². The lowest BCUT2D eigenvalue weighted by atomic mass is 10.3. The van der Waals surface area contributed by atoms with Gasteiger partial charge in [0.25, 0.3) is 0 Å². The van der Waals surface area contributed by atoms with Crippen LogP contribution in [0.3, 0.4) is 0 Å². The topological polar surface area (TPSA) is 54.0 Å². The second-order valence-corrected chi connectivity index (χ2v) is 6.92. The molecule has 112 valence electrons. The molecule has 2 aromatic heterocycles. The van der Waals surface area contributed by atoms with Crippen molar-refractivity contribution in [2.75, 3.05) is 5.32 Å². The quantitative estimate of drug-likeness (QED) is 0.740. The molecule has 0 radical (unpaired) electrons. The lowest BCUT2D eigenvalue weighted by molar-refractivity contribution is 0.252. The first-order valence-corrected chi connectivity index (χ1v) is 8.51. The first-order valence-electron chi connectivity index (χ1n) is 6.82. The van der Waals surface area contributed by atoms with Gasteiger partial charge in [0.15, 0.2) is 0 Å². The van der Waals surface area contributed by atoms with Gasteiger partial charge >= 0.3 is 6.03 Å². The van der Waals surface area contributed by atoms with Crippen LogP contribution in [-0.2, 0) is 6.54 Å². The number of anilines is 1. The zero-order chi connectivity index (χ0) is 15.4. The van der Waals surface area contributed by atoms with Crippen LogP contribution >= 0.6 is 22.7 Å². The molecule has 0 saturated carbocycles. The Balaban J connectivity index is 1.56. The third-order valence-corrected chi connectivity index (χ3v) is 4.87. The van der Waals surface area contributed by atoms with Crippen LogP contribution in [0.2, 0.25) is 0 Å².